The second-order valence-electron chi connectivity index (χ2n) is 5.69. The quantitative estimate of drug-likeness (QED) is 0.471. The zero-order valence-corrected chi connectivity index (χ0v) is 12.8. The van der Waals surface area contributed by atoms with Gasteiger partial charge in [0.05, 0.1) is 0 Å². The molecule has 1 aromatic heterocycles. The Balaban J connectivity index is 1.80. The van der Waals surface area contributed by atoms with Crippen molar-refractivity contribution in [1.29, 1.82) is 0 Å². The van der Waals surface area contributed by atoms with Gasteiger partial charge in [-0.15, -0.1) is 0 Å². The molecule has 0 saturated heterocycles. The van der Waals surface area contributed by atoms with Gasteiger partial charge in [0.1, 0.15) is 5.82 Å². The summed E-state index contributed by atoms with van der Waals surface area (Å²) >= 11 is 0. The van der Waals surface area contributed by atoms with Crippen molar-refractivity contribution in [3.63, 3.8) is 0 Å². The molecular weight excluding hydrogens is 265 g/mol. The number of unbranched alkanes of at least 4 members (excludes halogenated alkanes) is 6. The minimum atomic E-state index is -0.282. The number of ketones is 1. The summed E-state index contributed by atoms with van der Waals surface area (Å²) < 4.78 is 13.1. The molecule has 114 valence electrons. The molecule has 0 atom stereocenters. The fourth-order valence-corrected chi connectivity index (χ4v) is 2.71. The van der Waals surface area contributed by atoms with Crippen molar-refractivity contribution < 1.29 is 9.18 Å². The number of rotatable bonds is 9. The summed E-state index contributed by atoms with van der Waals surface area (Å²) in [4.78, 5) is 15.2. The van der Waals surface area contributed by atoms with Crippen LogP contribution in [0.25, 0.3) is 10.9 Å². The molecule has 2 nitrogen and oxygen atoms in total. The number of nitrogens with one attached hydrogen (secondary N) is 1. The number of carbonyl (C=O) groups excluding carboxylic acids is 1. The average molecular weight is 289 g/mol. The minimum absolute atomic E-state index is 0.154. The summed E-state index contributed by atoms with van der Waals surface area (Å²) in [6.45, 7) is 2.21. The molecule has 0 aliphatic rings. The van der Waals surface area contributed by atoms with Gasteiger partial charge in [0.2, 0.25) is 0 Å². The number of aromatic nitrogens is 1. The molecule has 0 saturated carbocycles. The molecule has 0 radical (unpaired) electrons. The lowest BCUT2D eigenvalue weighted by molar-refractivity contribution is 0.0980. The summed E-state index contributed by atoms with van der Waals surface area (Å²) in [5.41, 5.74) is 1.38. The van der Waals surface area contributed by atoms with Crippen molar-refractivity contribution in [2.24, 2.45) is 0 Å². The number of Topliss-reactive ketones (excluding diaryl/α,β-unsaturated/α-hetero) is 1. The van der Waals surface area contributed by atoms with Crippen molar-refractivity contribution in [3.05, 3.63) is 35.8 Å². The van der Waals surface area contributed by atoms with Crippen LogP contribution in [0.4, 0.5) is 4.39 Å². The minimum Gasteiger partial charge on any atom is -0.360 e. The van der Waals surface area contributed by atoms with E-state index in [1.807, 2.05) is 0 Å². The number of benzene rings is 1. The summed E-state index contributed by atoms with van der Waals surface area (Å²) in [6.07, 6.45) is 10.7. The lowest BCUT2D eigenvalue weighted by atomic mass is 10.0. The van der Waals surface area contributed by atoms with E-state index in [1.165, 1.54) is 44.2 Å². The fourth-order valence-electron chi connectivity index (χ4n) is 2.71. The van der Waals surface area contributed by atoms with Crippen LogP contribution in [-0.4, -0.2) is 10.8 Å². The predicted octanol–water partition coefficient (Wildman–Crippen LogP) is 5.63. The largest absolute Gasteiger partial charge is 0.360 e. The zero-order valence-electron chi connectivity index (χ0n) is 12.8. The third-order valence-corrected chi connectivity index (χ3v) is 3.95. The third kappa shape index (κ3) is 4.42. The number of hydrogen-bond acceptors (Lipinski definition) is 1. The molecule has 3 heteroatoms. The van der Waals surface area contributed by atoms with Gasteiger partial charge in [0.15, 0.2) is 5.78 Å². The van der Waals surface area contributed by atoms with E-state index in [0.29, 0.717) is 17.5 Å². The second kappa shape index (κ2) is 7.96. The van der Waals surface area contributed by atoms with Crippen molar-refractivity contribution in [1.82, 2.24) is 4.98 Å². The Kier molecular flexibility index (Phi) is 5.97. The molecule has 1 aromatic carbocycles. The van der Waals surface area contributed by atoms with Crippen molar-refractivity contribution in [2.45, 2.75) is 58.3 Å². The Morgan fingerprint density at radius 2 is 1.81 bits per heavy atom. The highest BCUT2D eigenvalue weighted by Gasteiger charge is 2.11. The Morgan fingerprint density at radius 3 is 2.57 bits per heavy atom. The standard InChI is InChI=1S/C18H24FNO/c1-2-3-4-5-6-7-8-9-18(21)16-13-20-17-12-14(19)10-11-15(16)17/h10-13,20H,2-9H2,1H3. The van der Waals surface area contributed by atoms with Crippen LogP contribution in [0.3, 0.4) is 0 Å². The van der Waals surface area contributed by atoms with Crippen LogP contribution in [0.1, 0.15) is 68.6 Å². The molecule has 21 heavy (non-hydrogen) atoms. The maximum absolute atomic E-state index is 13.1. The molecule has 1 heterocycles. The highest BCUT2D eigenvalue weighted by Crippen LogP contribution is 2.21. The van der Waals surface area contributed by atoms with Crippen LogP contribution < -0.4 is 0 Å². The van der Waals surface area contributed by atoms with Gasteiger partial charge >= 0.3 is 0 Å². The second-order valence-corrected chi connectivity index (χ2v) is 5.69. The van der Waals surface area contributed by atoms with Crippen LogP contribution in [0, 0.1) is 5.82 Å². The van der Waals surface area contributed by atoms with Gasteiger partial charge in [-0.25, -0.2) is 4.39 Å². The molecular formula is C18H24FNO. The highest BCUT2D eigenvalue weighted by molar-refractivity contribution is 6.07. The number of hydrogen-bond donors (Lipinski definition) is 1. The molecule has 0 unspecified atom stereocenters. The average Bonchev–Trinajstić information content (AvgIpc) is 2.89. The van der Waals surface area contributed by atoms with Crippen molar-refractivity contribution >= 4 is 16.7 Å². The summed E-state index contributed by atoms with van der Waals surface area (Å²) in [5.74, 6) is -0.128. The number of halogens is 1. The summed E-state index contributed by atoms with van der Waals surface area (Å²) in [5, 5.41) is 0.823. The van der Waals surface area contributed by atoms with E-state index in [0.717, 1.165) is 18.2 Å². The first-order chi connectivity index (χ1) is 10.2. The lowest BCUT2D eigenvalue weighted by Gasteiger charge is -2.01. The number of fused-ring (bicyclic) bond motifs is 1. The van der Waals surface area contributed by atoms with Gasteiger partial charge < -0.3 is 4.98 Å². The van der Waals surface area contributed by atoms with E-state index in [-0.39, 0.29) is 11.6 Å². The predicted molar refractivity (Wildman–Crippen MR) is 85.2 cm³/mol. The Bertz CT molecular complexity index is 588. The molecule has 0 amide bonds. The first-order valence-electron chi connectivity index (χ1n) is 8.02. The van der Waals surface area contributed by atoms with Gasteiger partial charge in [-0.2, -0.15) is 0 Å². The zero-order chi connectivity index (χ0) is 15.1. The normalized spacial score (nSPS) is 11.1. The topological polar surface area (TPSA) is 32.9 Å². The SMILES string of the molecule is CCCCCCCCCC(=O)c1c[nH]c2cc(F)ccc12. The van der Waals surface area contributed by atoms with Crippen LogP contribution in [0.15, 0.2) is 24.4 Å². The van der Waals surface area contributed by atoms with Crippen molar-refractivity contribution in [2.75, 3.05) is 0 Å². The van der Waals surface area contributed by atoms with E-state index in [1.54, 1.807) is 12.3 Å². The Labute approximate surface area is 125 Å². The molecule has 2 rings (SSSR count). The maximum atomic E-state index is 13.1. The van der Waals surface area contributed by atoms with Crippen LogP contribution in [0.5, 0.6) is 0 Å². The van der Waals surface area contributed by atoms with Gasteiger partial charge in [-0.05, 0) is 24.6 Å². The first-order valence-corrected chi connectivity index (χ1v) is 8.02. The van der Waals surface area contributed by atoms with Crippen LogP contribution >= 0.6 is 0 Å². The van der Waals surface area contributed by atoms with E-state index in [2.05, 4.69) is 11.9 Å². The molecule has 0 spiro atoms. The van der Waals surface area contributed by atoms with Gasteiger partial charge in [0.25, 0.3) is 0 Å². The van der Waals surface area contributed by atoms with Crippen molar-refractivity contribution in [3.8, 4) is 0 Å². The highest BCUT2D eigenvalue weighted by atomic mass is 19.1. The number of H-pyrrole nitrogens is 1. The number of carbonyl (C=O) groups is 1. The van der Waals surface area contributed by atoms with E-state index in [9.17, 15) is 9.18 Å². The van der Waals surface area contributed by atoms with Crippen LogP contribution in [0.2, 0.25) is 0 Å². The summed E-state index contributed by atoms with van der Waals surface area (Å²) in [6, 6.07) is 4.51. The molecule has 0 bridgehead atoms. The fraction of sp³-hybridized carbons (Fsp3) is 0.500. The Morgan fingerprint density at radius 1 is 1.10 bits per heavy atom. The molecule has 0 aliphatic carbocycles. The molecule has 1 N–H and O–H groups in total. The van der Waals surface area contributed by atoms with Crippen LogP contribution in [-0.2, 0) is 0 Å². The van der Waals surface area contributed by atoms with Gasteiger partial charge in [0, 0.05) is 29.1 Å². The first kappa shape index (κ1) is 15.7. The molecule has 0 fully saturated rings. The number of aromatic amines is 1. The van der Waals surface area contributed by atoms with Gasteiger partial charge in [-0.3, -0.25) is 4.79 Å². The van der Waals surface area contributed by atoms with Gasteiger partial charge in [-0.1, -0.05) is 45.4 Å². The maximum Gasteiger partial charge on any atom is 0.165 e. The van der Waals surface area contributed by atoms with E-state index >= 15 is 0 Å². The molecule has 0 aliphatic heterocycles. The smallest absolute Gasteiger partial charge is 0.165 e. The summed E-state index contributed by atoms with van der Waals surface area (Å²) in [7, 11) is 0. The monoisotopic (exact) mass is 289 g/mol. The Hall–Kier alpha value is -1.64. The third-order valence-electron chi connectivity index (χ3n) is 3.95. The molecule has 2 aromatic rings. The van der Waals surface area contributed by atoms with E-state index in [4.69, 9.17) is 0 Å². The lowest BCUT2D eigenvalue weighted by Crippen LogP contribution is -1.97. The van der Waals surface area contributed by atoms with E-state index < -0.39 is 0 Å².